The van der Waals surface area contributed by atoms with Gasteiger partial charge in [-0.25, -0.2) is 0 Å². The highest BCUT2D eigenvalue weighted by Crippen LogP contribution is 2.13. The first-order chi connectivity index (χ1) is 12.5. The van der Waals surface area contributed by atoms with E-state index in [2.05, 4.69) is 5.32 Å². The fourth-order valence-electron chi connectivity index (χ4n) is 2.46. The minimum Gasteiger partial charge on any atom is -0.404 e. The normalized spacial score (nSPS) is 11.5. The van der Waals surface area contributed by atoms with Gasteiger partial charge < -0.3 is 14.9 Å². The fraction of sp³-hybridized carbons (Fsp3) is 0. The zero-order valence-electron chi connectivity index (χ0n) is 14.0. The summed E-state index contributed by atoms with van der Waals surface area (Å²) in [5.41, 5.74) is 3.55. The molecule has 5 heteroatoms. The van der Waals surface area contributed by atoms with Gasteiger partial charge in [0.05, 0.1) is 0 Å². The van der Waals surface area contributed by atoms with Crippen molar-refractivity contribution in [2.75, 3.05) is 5.32 Å². The van der Waals surface area contributed by atoms with Crippen LogP contribution in [0.3, 0.4) is 0 Å². The lowest BCUT2D eigenvalue weighted by Gasteiger charge is -2.13. The van der Waals surface area contributed by atoms with Crippen molar-refractivity contribution in [3.05, 3.63) is 102 Å². The summed E-state index contributed by atoms with van der Waals surface area (Å²) in [7, 11) is -3.60. The van der Waals surface area contributed by atoms with Crippen LogP contribution in [0.2, 0.25) is 0 Å². The summed E-state index contributed by atoms with van der Waals surface area (Å²) in [5, 5.41) is 3.36. The highest BCUT2D eigenvalue weighted by Gasteiger charge is 2.27. The molecule has 4 nitrogen and oxygen atoms in total. The molecule has 0 aliphatic carbocycles. The third-order valence-electron chi connectivity index (χ3n) is 3.91. The highest BCUT2D eigenvalue weighted by molar-refractivity contribution is 6.83. The minimum atomic E-state index is -3.60. The predicted octanol–water partition coefficient (Wildman–Crippen LogP) is 2.83. The van der Waals surface area contributed by atoms with Crippen molar-refractivity contribution in [2.24, 2.45) is 0 Å². The van der Waals surface area contributed by atoms with Crippen molar-refractivity contribution in [2.45, 2.75) is 0 Å². The Bertz CT molecular complexity index is 892. The summed E-state index contributed by atoms with van der Waals surface area (Å²) in [4.78, 5) is 32.7. The molecule has 0 aliphatic heterocycles. The number of rotatable bonds is 5. The van der Waals surface area contributed by atoms with Crippen molar-refractivity contribution >= 4 is 31.4 Å². The Hall–Kier alpha value is -2.99. The van der Waals surface area contributed by atoms with E-state index in [1.807, 2.05) is 36.4 Å². The second kappa shape index (κ2) is 7.92. The van der Waals surface area contributed by atoms with Crippen LogP contribution in [-0.4, -0.2) is 24.1 Å². The Labute approximate surface area is 153 Å². The molecule has 0 radical (unpaired) electrons. The monoisotopic (exact) mass is 361 g/mol. The van der Waals surface area contributed by atoms with Crippen LogP contribution in [0.15, 0.2) is 90.6 Å². The van der Waals surface area contributed by atoms with Gasteiger partial charge in [-0.3, -0.25) is 4.79 Å². The maximum absolute atomic E-state index is 12.1. The van der Waals surface area contributed by atoms with Gasteiger partial charge in [0.2, 0.25) is 0 Å². The highest BCUT2D eigenvalue weighted by atomic mass is 28.4. The van der Waals surface area contributed by atoms with E-state index in [0.717, 1.165) is 5.56 Å². The molecular formula is C21H19NO3Si. The van der Waals surface area contributed by atoms with E-state index in [1.165, 1.54) is 5.70 Å². The molecule has 0 saturated carbocycles. The zero-order chi connectivity index (χ0) is 18.4. The topological polar surface area (TPSA) is 69.6 Å². The largest absolute Gasteiger partial charge is 0.404 e. The first kappa shape index (κ1) is 17.8. The van der Waals surface area contributed by atoms with Gasteiger partial charge in [0.1, 0.15) is 0 Å². The third kappa shape index (κ3) is 4.55. The molecule has 0 atom stereocenters. The molecule has 3 rings (SSSR count). The Kier molecular flexibility index (Phi) is 5.43. The average Bonchev–Trinajstić information content (AvgIpc) is 2.69. The summed E-state index contributed by atoms with van der Waals surface area (Å²) in [6.07, 6.45) is 1.68. The maximum atomic E-state index is 12.1. The quantitative estimate of drug-likeness (QED) is 0.612. The number of carbonyl (C=O) groups is 1. The molecule has 0 heterocycles. The fourth-order valence-corrected chi connectivity index (χ4v) is 3.76. The molecule has 0 saturated heterocycles. The first-order valence-electron chi connectivity index (χ1n) is 8.20. The molecule has 0 bridgehead atoms. The summed E-state index contributed by atoms with van der Waals surface area (Å²) in [6.45, 7) is 0. The molecule has 0 unspecified atom stereocenters. The summed E-state index contributed by atoms with van der Waals surface area (Å²) in [6, 6.07) is 25.0. The van der Waals surface area contributed by atoms with Gasteiger partial charge in [0.25, 0.3) is 5.91 Å². The van der Waals surface area contributed by atoms with E-state index in [0.29, 0.717) is 16.4 Å². The third-order valence-corrected chi connectivity index (χ3v) is 5.73. The van der Waals surface area contributed by atoms with Crippen LogP contribution < -0.4 is 10.5 Å². The van der Waals surface area contributed by atoms with E-state index < -0.39 is 8.56 Å². The van der Waals surface area contributed by atoms with Gasteiger partial charge in [-0.15, -0.1) is 0 Å². The van der Waals surface area contributed by atoms with E-state index in [1.54, 1.807) is 54.6 Å². The van der Waals surface area contributed by atoms with Crippen LogP contribution in [0, 0.1) is 0 Å². The van der Waals surface area contributed by atoms with Gasteiger partial charge in [-0.05, 0) is 40.7 Å². The van der Waals surface area contributed by atoms with Crippen LogP contribution in [-0.2, 0) is 0 Å². The van der Waals surface area contributed by atoms with Gasteiger partial charge in [-0.2, -0.15) is 0 Å². The standard InChI is InChI=1S/C21H19NO3Si/c23-21(18-7-3-1-4-8-18)22-19-13-11-17(12-14-19)15-16-26(24,25)20-9-5-2-6-10-20/h1-16,24-25H,(H,22,23)/b16-15+. The van der Waals surface area contributed by atoms with Crippen LogP contribution in [0.25, 0.3) is 6.08 Å². The average molecular weight is 361 g/mol. The van der Waals surface area contributed by atoms with Crippen LogP contribution in [0.4, 0.5) is 5.69 Å². The summed E-state index contributed by atoms with van der Waals surface area (Å²) >= 11 is 0. The number of amides is 1. The van der Waals surface area contributed by atoms with E-state index >= 15 is 0 Å². The molecule has 3 aromatic rings. The van der Waals surface area contributed by atoms with Crippen molar-refractivity contribution in [1.29, 1.82) is 0 Å². The number of anilines is 1. The molecule has 130 valence electrons. The Balaban J connectivity index is 1.67. The molecule has 0 aliphatic rings. The van der Waals surface area contributed by atoms with Crippen molar-refractivity contribution in [3.63, 3.8) is 0 Å². The Morgan fingerprint density at radius 2 is 1.38 bits per heavy atom. The Morgan fingerprint density at radius 1 is 0.808 bits per heavy atom. The Morgan fingerprint density at radius 3 is 2.00 bits per heavy atom. The van der Waals surface area contributed by atoms with Crippen molar-refractivity contribution in [3.8, 4) is 0 Å². The number of benzene rings is 3. The van der Waals surface area contributed by atoms with E-state index in [-0.39, 0.29) is 5.91 Å². The van der Waals surface area contributed by atoms with Gasteiger partial charge in [0.15, 0.2) is 0 Å². The molecule has 1 amide bonds. The number of hydrogen-bond acceptors (Lipinski definition) is 3. The van der Waals surface area contributed by atoms with Gasteiger partial charge in [0, 0.05) is 11.3 Å². The molecule has 0 aromatic heterocycles. The molecule has 0 fully saturated rings. The number of hydrogen-bond donors (Lipinski definition) is 3. The van der Waals surface area contributed by atoms with Crippen molar-refractivity contribution < 1.29 is 14.4 Å². The summed E-state index contributed by atoms with van der Waals surface area (Å²) < 4.78 is 0. The van der Waals surface area contributed by atoms with E-state index in [4.69, 9.17) is 0 Å². The van der Waals surface area contributed by atoms with E-state index in [9.17, 15) is 14.4 Å². The molecular weight excluding hydrogens is 342 g/mol. The molecule has 3 aromatic carbocycles. The van der Waals surface area contributed by atoms with Crippen molar-refractivity contribution in [1.82, 2.24) is 0 Å². The molecule has 3 N–H and O–H groups in total. The smallest absolute Gasteiger partial charge is 0.394 e. The van der Waals surface area contributed by atoms with Crippen LogP contribution >= 0.6 is 0 Å². The predicted molar refractivity (Wildman–Crippen MR) is 106 cm³/mol. The number of nitrogens with one attached hydrogen (secondary N) is 1. The second-order valence-electron chi connectivity index (χ2n) is 5.87. The second-order valence-corrected chi connectivity index (χ2v) is 8.23. The zero-order valence-corrected chi connectivity index (χ0v) is 15.0. The van der Waals surface area contributed by atoms with Crippen LogP contribution in [0.5, 0.6) is 0 Å². The number of carbonyl (C=O) groups excluding carboxylic acids is 1. The lowest BCUT2D eigenvalue weighted by molar-refractivity contribution is 0.102. The first-order valence-corrected chi connectivity index (χ1v) is 10.2. The lowest BCUT2D eigenvalue weighted by atomic mass is 10.2. The summed E-state index contributed by atoms with van der Waals surface area (Å²) in [5.74, 6) is -0.171. The maximum Gasteiger partial charge on any atom is 0.394 e. The van der Waals surface area contributed by atoms with Crippen LogP contribution in [0.1, 0.15) is 15.9 Å². The molecule has 0 spiro atoms. The lowest BCUT2D eigenvalue weighted by Crippen LogP contribution is -2.46. The minimum absolute atomic E-state index is 0.171. The SMILES string of the molecule is O=C(Nc1ccc(/C=C/[Si](O)(O)c2ccccc2)cc1)c1ccccc1. The van der Waals surface area contributed by atoms with Gasteiger partial charge in [-0.1, -0.05) is 66.7 Å². The van der Waals surface area contributed by atoms with Gasteiger partial charge >= 0.3 is 8.56 Å². The molecule has 26 heavy (non-hydrogen) atoms.